The number of likely N-dealkylation sites (tertiary alicyclic amines) is 1. The van der Waals surface area contributed by atoms with Crippen LogP contribution in [-0.2, 0) is 6.54 Å². The van der Waals surface area contributed by atoms with Crippen LogP contribution in [0.3, 0.4) is 0 Å². The zero-order valence-corrected chi connectivity index (χ0v) is 15.5. The summed E-state index contributed by atoms with van der Waals surface area (Å²) in [5.41, 5.74) is 0.495. The predicted molar refractivity (Wildman–Crippen MR) is 99.3 cm³/mol. The molecule has 1 aromatic carbocycles. The Bertz CT molecular complexity index is 744. The maximum Gasteiger partial charge on any atom is 0.257 e. The largest absolute Gasteiger partial charge is 0.491 e. The summed E-state index contributed by atoms with van der Waals surface area (Å²) in [6.07, 6.45) is 3.69. The Morgan fingerprint density at radius 1 is 1.27 bits per heavy atom. The van der Waals surface area contributed by atoms with Crippen molar-refractivity contribution in [2.45, 2.75) is 45.3 Å². The predicted octanol–water partition coefficient (Wildman–Crippen LogP) is 2.65. The van der Waals surface area contributed by atoms with E-state index in [9.17, 15) is 9.90 Å². The number of carbonyl (C=O) groups is 1. The molecule has 0 radical (unpaired) electrons. The van der Waals surface area contributed by atoms with E-state index in [-0.39, 0.29) is 12.5 Å². The van der Waals surface area contributed by atoms with Gasteiger partial charge in [-0.2, -0.15) is 5.10 Å². The van der Waals surface area contributed by atoms with Crippen molar-refractivity contribution >= 4 is 5.91 Å². The first-order valence-electron chi connectivity index (χ1n) is 9.24. The minimum absolute atomic E-state index is 0.00423. The number of hydrogen-bond donors (Lipinski definition) is 1. The molecule has 1 atom stereocenters. The van der Waals surface area contributed by atoms with Gasteiger partial charge in [0, 0.05) is 25.8 Å². The van der Waals surface area contributed by atoms with Crippen LogP contribution in [-0.4, -0.2) is 51.0 Å². The first kappa shape index (κ1) is 18.5. The molecule has 1 unspecified atom stereocenters. The number of carbonyl (C=O) groups excluding carboxylic acids is 1. The van der Waals surface area contributed by atoms with Crippen LogP contribution in [0.4, 0.5) is 0 Å². The number of para-hydroxylation sites is 1. The number of rotatable bonds is 5. The monoisotopic (exact) mass is 357 g/mol. The fourth-order valence-corrected chi connectivity index (χ4v) is 3.32. The third-order valence-electron chi connectivity index (χ3n) is 4.96. The Hall–Kier alpha value is -2.34. The van der Waals surface area contributed by atoms with Gasteiger partial charge in [0.15, 0.2) is 0 Å². The van der Waals surface area contributed by atoms with E-state index >= 15 is 0 Å². The van der Waals surface area contributed by atoms with Crippen molar-refractivity contribution in [2.75, 3.05) is 19.7 Å². The van der Waals surface area contributed by atoms with Crippen LogP contribution in [0.15, 0.2) is 36.5 Å². The van der Waals surface area contributed by atoms with Gasteiger partial charge < -0.3 is 14.7 Å². The fourth-order valence-electron chi connectivity index (χ4n) is 3.32. The van der Waals surface area contributed by atoms with E-state index in [4.69, 9.17) is 4.74 Å². The molecule has 1 saturated heterocycles. The lowest BCUT2D eigenvalue weighted by Gasteiger charge is -2.27. The minimum atomic E-state index is -0.909. The van der Waals surface area contributed by atoms with Crippen molar-refractivity contribution in [2.24, 2.45) is 0 Å². The van der Waals surface area contributed by atoms with Crippen molar-refractivity contribution < 1.29 is 14.6 Å². The number of amides is 1. The van der Waals surface area contributed by atoms with Crippen molar-refractivity contribution in [3.63, 3.8) is 0 Å². The first-order chi connectivity index (χ1) is 12.5. The summed E-state index contributed by atoms with van der Waals surface area (Å²) in [5.74, 6) is 0.746. The third-order valence-corrected chi connectivity index (χ3v) is 4.96. The summed E-state index contributed by atoms with van der Waals surface area (Å²) in [4.78, 5) is 14.7. The number of hydrogen-bond acceptors (Lipinski definition) is 4. The normalized spacial score (nSPS) is 20.7. The summed E-state index contributed by atoms with van der Waals surface area (Å²) in [5, 5.41) is 15.3. The molecule has 6 heteroatoms. The number of aromatic nitrogens is 2. The topological polar surface area (TPSA) is 67.6 Å². The molecule has 6 nitrogen and oxygen atoms in total. The van der Waals surface area contributed by atoms with E-state index in [0.29, 0.717) is 31.5 Å². The summed E-state index contributed by atoms with van der Waals surface area (Å²) in [6, 6.07) is 9.50. The molecular formula is C20H27N3O3. The molecule has 1 amide bonds. The van der Waals surface area contributed by atoms with E-state index in [1.54, 1.807) is 4.68 Å². The van der Waals surface area contributed by atoms with Crippen LogP contribution >= 0.6 is 0 Å². The Morgan fingerprint density at radius 3 is 2.73 bits per heavy atom. The highest BCUT2D eigenvalue weighted by molar-refractivity contribution is 5.95. The molecule has 1 aliphatic heterocycles. The van der Waals surface area contributed by atoms with Crippen molar-refractivity contribution in [1.82, 2.24) is 14.7 Å². The lowest BCUT2D eigenvalue weighted by atomic mass is 9.96. The Balaban J connectivity index is 1.61. The molecule has 1 aromatic heterocycles. The maximum atomic E-state index is 12.9. The highest BCUT2D eigenvalue weighted by Crippen LogP contribution is 2.25. The van der Waals surface area contributed by atoms with Crippen LogP contribution in [0.1, 0.15) is 42.2 Å². The lowest BCUT2D eigenvalue weighted by Crippen LogP contribution is -2.38. The Kier molecular flexibility index (Phi) is 5.61. The van der Waals surface area contributed by atoms with Gasteiger partial charge in [-0.1, -0.05) is 18.2 Å². The number of ether oxygens (including phenoxy) is 1. The Morgan fingerprint density at radius 2 is 2.04 bits per heavy atom. The van der Waals surface area contributed by atoms with Gasteiger partial charge in [-0.05, 0) is 45.2 Å². The van der Waals surface area contributed by atoms with Gasteiger partial charge in [0.1, 0.15) is 18.0 Å². The van der Waals surface area contributed by atoms with Crippen molar-refractivity contribution in [3.8, 4) is 5.75 Å². The van der Waals surface area contributed by atoms with Gasteiger partial charge in [-0.25, -0.2) is 0 Å². The second kappa shape index (κ2) is 7.91. The van der Waals surface area contributed by atoms with E-state index in [2.05, 4.69) is 5.10 Å². The average Bonchev–Trinajstić information content (AvgIpc) is 2.92. The van der Waals surface area contributed by atoms with E-state index in [1.807, 2.05) is 55.3 Å². The Labute approximate surface area is 154 Å². The van der Waals surface area contributed by atoms with Crippen molar-refractivity contribution in [1.29, 1.82) is 0 Å². The highest BCUT2D eigenvalue weighted by atomic mass is 16.5. The lowest BCUT2D eigenvalue weighted by molar-refractivity contribution is -0.0163. The first-order valence-corrected chi connectivity index (χ1v) is 9.24. The maximum absolute atomic E-state index is 12.9. The molecule has 0 saturated carbocycles. The quantitative estimate of drug-likeness (QED) is 0.893. The van der Waals surface area contributed by atoms with E-state index in [1.165, 1.54) is 0 Å². The van der Waals surface area contributed by atoms with Crippen LogP contribution in [0, 0.1) is 6.92 Å². The summed E-state index contributed by atoms with van der Waals surface area (Å²) in [7, 11) is 0. The van der Waals surface area contributed by atoms with E-state index in [0.717, 1.165) is 24.4 Å². The molecule has 0 aliphatic carbocycles. The smallest absolute Gasteiger partial charge is 0.257 e. The van der Waals surface area contributed by atoms with Gasteiger partial charge >= 0.3 is 0 Å². The minimum Gasteiger partial charge on any atom is -0.491 e. The molecular weight excluding hydrogens is 330 g/mol. The number of aryl methyl sites for hydroxylation is 2. The second-order valence-corrected chi connectivity index (χ2v) is 6.96. The highest BCUT2D eigenvalue weighted by Gasteiger charge is 2.33. The molecule has 140 valence electrons. The number of nitrogens with zero attached hydrogens (tertiary/aromatic N) is 3. The molecule has 1 N–H and O–H groups in total. The van der Waals surface area contributed by atoms with Gasteiger partial charge in [-0.15, -0.1) is 0 Å². The zero-order valence-electron chi connectivity index (χ0n) is 15.5. The van der Waals surface area contributed by atoms with Crippen LogP contribution in [0.25, 0.3) is 0 Å². The van der Waals surface area contributed by atoms with Gasteiger partial charge in [0.2, 0.25) is 0 Å². The molecule has 26 heavy (non-hydrogen) atoms. The summed E-state index contributed by atoms with van der Waals surface area (Å²) >= 11 is 0. The molecule has 2 heterocycles. The van der Waals surface area contributed by atoms with Crippen molar-refractivity contribution in [3.05, 3.63) is 47.8 Å². The molecule has 2 aromatic rings. The van der Waals surface area contributed by atoms with Crippen LogP contribution in [0.2, 0.25) is 0 Å². The molecule has 1 fully saturated rings. The second-order valence-electron chi connectivity index (χ2n) is 6.96. The van der Waals surface area contributed by atoms with Gasteiger partial charge in [0.25, 0.3) is 5.91 Å². The standard InChI is InChI=1S/C20H27N3O3/c1-3-23-14-18(16(2)21-23)19(24)22-12-7-10-20(25,11-13-22)15-26-17-8-5-4-6-9-17/h4-6,8-9,14,25H,3,7,10-13,15H2,1-2H3. The molecule has 3 rings (SSSR count). The SMILES string of the molecule is CCn1cc(C(=O)N2CCCC(O)(COc3ccccc3)CC2)c(C)n1. The van der Waals surface area contributed by atoms with Crippen LogP contribution in [0.5, 0.6) is 5.75 Å². The van der Waals surface area contributed by atoms with E-state index < -0.39 is 5.60 Å². The zero-order chi connectivity index (χ0) is 18.6. The number of benzene rings is 1. The summed E-state index contributed by atoms with van der Waals surface area (Å²) in [6.45, 7) is 6.00. The molecule has 1 aliphatic rings. The third kappa shape index (κ3) is 4.25. The molecule has 0 spiro atoms. The average molecular weight is 357 g/mol. The fraction of sp³-hybridized carbons (Fsp3) is 0.500. The van der Waals surface area contributed by atoms with Gasteiger partial charge in [0.05, 0.1) is 11.3 Å². The van der Waals surface area contributed by atoms with Crippen LogP contribution < -0.4 is 4.74 Å². The number of aliphatic hydroxyl groups is 1. The molecule has 0 bridgehead atoms. The summed E-state index contributed by atoms with van der Waals surface area (Å²) < 4.78 is 7.54. The van der Waals surface area contributed by atoms with Gasteiger partial charge in [-0.3, -0.25) is 9.48 Å².